The van der Waals surface area contributed by atoms with E-state index in [4.69, 9.17) is 9.72 Å². The van der Waals surface area contributed by atoms with E-state index < -0.39 is 5.41 Å². The van der Waals surface area contributed by atoms with Gasteiger partial charge in [0.1, 0.15) is 5.82 Å². The topological polar surface area (TPSA) is 39.9 Å². The largest absolute Gasteiger partial charge is 2.00 e. The molecule has 0 unspecified atom stereocenters. The fourth-order valence-electron chi connectivity index (χ4n) is 7.53. The van der Waals surface area contributed by atoms with Gasteiger partial charge in [0, 0.05) is 23.5 Å². The Hall–Kier alpha value is -5.31. The van der Waals surface area contributed by atoms with Crippen molar-refractivity contribution >= 4 is 21.8 Å². The summed E-state index contributed by atoms with van der Waals surface area (Å²) in [7, 11) is 0. The second-order valence-electron chi connectivity index (χ2n) is 13.7. The van der Waals surface area contributed by atoms with Gasteiger partial charge in [-0.25, -0.2) is 9.97 Å². The number of para-hydroxylation sites is 2. The van der Waals surface area contributed by atoms with Gasteiger partial charge in [-0.05, 0) is 62.9 Å². The molecule has 1 aliphatic rings. The number of pyridine rings is 2. The first-order valence-corrected chi connectivity index (χ1v) is 16.7. The summed E-state index contributed by atoms with van der Waals surface area (Å²) in [5.41, 5.74) is 8.95. The van der Waals surface area contributed by atoms with Crippen LogP contribution in [0.3, 0.4) is 0 Å². The van der Waals surface area contributed by atoms with Crippen molar-refractivity contribution in [3.63, 3.8) is 0 Å². The van der Waals surface area contributed by atoms with Gasteiger partial charge in [-0.3, -0.25) is 0 Å². The molecule has 50 heavy (non-hydrogen) atoms. The monoisotopic (exact) mass is 826 g/mol. The molecule has 0 fully saturated rings. The van der Waals surface area contributed by atoms with Gasteiger partial charge in [-0.15, -0.1) is 23.1 Å². The van der Waals surface area contributed by atoms with Crippen molar-refractivity contribution in [3.8, 4) is 28.6 Å². The van der Waals surface area contributed by atoms with Gasteiger partial charge in [-0.1, -0.05) is 99.1 Å². The molecule has 5 heteroatoms. The molecule has 5 aromatic carbocycles. The summed E-state index contributed by atoms with van der Waals surface area (Å²) in [4.78, 5) is 10.1. The molecule has 0 bridgehead atoms. The van der Waals surface area contributed by atoms with Gasteiger partial charge in [0.25, 0.3) is 0 Å². The molecular weight excluding hydrogens is 794 g/mol. The van der Waals surface area contributed by atoms with E-state index in [2.05, 4.69) is 146 Å². The van der Waals surface area contributed by atoms with E-state index in [9.17, 15) is 0 Å². The zero-order chi connectivity index (χ0) is 33.2. The molecule has 1 aliphatic carbocycles. The summed E-state index contributed by atoms with van der Waals surface area (Å²) >= 11 is 0. The van der Waals surface area contributed by atoms with E-state index in [-0.39, 0.29) is 26.5 Å². The van der Waals surface area contributed by atoms with Crippen LogP contribution in [0.1, 0.15) is 48.7 Å². The molecule has 8 aromatic rings. The van der Waals surface area contributed by atoms with Crippen LogP contribution in [0.25, 0.3) is 38.8 Å². The Morgan fingerprint density at radius 1 is 0.700 bits per heavy atom. The third-order valence-electron chi connectivity index (χ3n) is 9.76. The third-order valence-corrected chi connectivity index (χ3v) is 9.76. The Kier molecular flexibility index (Phi) is 7.81. The van der Waals surface area contributed by atoms with E-state index in [1.165, 1.54) is 33.2 Å². The Bertz CT molecular complexity index is 2430. The molecule has 0 amide bonds. The SMILES string of the molecule is CC(C)(C)c1cc(-n2c3[c-]cccc3c3ccccc32)nc(C2(c3[c-]c(Oc4ccccn4)ccc3)c3ccccc3-c3ccccc32)c1.[Pt+2]. The number of ether oxygens (including phenoxy) is 1. The van der Waals surface area contributed by atoms with Crippen molar-refractivity contribution in [1.29, 1.82) is 0 Å². The molecule has 0 saturated heterocycles. The van der Waals surface area contributed by atoms with Crippen LogP contribution < -0.4 is 4.74 Å². The first-order chi connectivity index (χ1) is 23.9. The van der Waals surface area contributed by atoms with Gasteiger partial charge in [0.15, 0.2) is 0 Å². The third kappa shape index (κ3) is 4.93. The Morgan fingerprint density at radius 3 is 2.14 bits per heavy atom. The standard InChI is InChI=1S/C45H33N3O.Pt/c1-44(2,3)31-28-41(47-42(29-31)48-39-23-10-6-19-35(39)36-20-7-11-24-40(36)48)45(30-15-14-16-32(27-30)49-43-25-12-13-26-46-43)37-21-8-4-17-33(37)34-18-5-9-22-38(34)45;/h4-23,25-26,28-29H,1-3H3;/q-2;+2. The summed E-state index contributed by atoms with van der Waals surface area (Å²) in [6.07, 6.45) is 1.74. The van der Waals surface area contributed by atoms with E-state index in [0.29, 0.717) is 11.6 Å². The molecule has 0 aliphatic heterocycles. The second-order valence-corrected chi connectivity index (χ2v) is 13.7. The quantitative estimate of drug-likeness (QED) is 0.162. The number of fused-ring (bicyclic) bond motifs is 6. The van der Waals surface area contributed by atoms with Crippen molar-refractivity contribution in [2.45, 2.75) is 31.6 Å². The van der Waals surface area contributed by atoms with Crippen LogP contribution in [0, 0.1) is 12.1 Å². The van der Waals surface area contributed by atoms with E-state index in [1.807, 2.05) is 36.4 Å². The van der Waals surface area contributed by atoms with Crippen molar-refractivity contribution in [1.82, 2.24) is 14.5 Å². The van der Waals surface area contributed by atoms with Crippen LogP contribution in [-0.2, 0) is 31.9 Å². The van der Waals surface area contributed by atoms with E-state index in [1.54, 1.807) is 6.20 Å². The van der Waals surface area contributed by atoms with E-state index >= 15 is 0 Å². The van der Waals surface area contributed by atoms with Crippen LogP contribution in [0.2, 0.25) is 0 Å². The Balaban J connectivity index is 0.00000361. The van der Waals surface area contributed by atoms with Gasteiger partial charge in [0.05, 0.1) is 11.1 Å². The molecule has 0 atom stereocenters. The zero-order valence-corrected chi connectivity index (χ0v) is 30.2. The summed E-state index contributed by atoms with van der Waals surface area (Å²) in [5.74, 6) is 1.98. The second kappa shape index (κ2) is 12.2. The minimum Gasteiger partial charge on any atom is -0.466 e. The molecule has 3 heterocycles. The fourth-order valence-corrected chi connectivity index (χ4v) is 7.53. The molecule has 0 N–H and O–H groups in total. The van der Waals surface area contributed by atoms with Crippen LogP contribution in [0.15, 0.2) is 146 Å². The smallest absolute Gasteiger partial charge is 0.466 e. The van der Waals surface area contributed by atoms with Crippen molar-refractivity contribution in [2.75, 3.05) is 0 Å². The molecule has 0 spiro atoms. The number of benzene rings is 5. The molecular formula is C45H33N3OPt. The summed E-state index contributed by atoms with van der Waals surface area (Å²) in [6.45, 7) is 6.81. The van der Waals surface area contributed by atoms with Crippen molar-refractivity contribution in [3.05, 3.63) is 186 Å². The van der Waals surface area contributed by atoms with Crippen LogP contribution in [0.4, 0.5) is 0 Å². The summed E-state index contributed by atoms with van der Waals surface area (Å²) in [5, 5.41) is 2.33. The number of rotatable bonds is 5. The van der Waals surface area contributed by atoms with Crippen LogP contribution >= 0.6 is 0 Å². The predicted octanol–water partition coefficient (Wildman–Crippen LogP) is 10.6. The minimum absolute atomic E-state index is 0. The number of nitrogens with zero attached hydrogens (tertiary/aromatic N) is 3. The average molecular weight is 827 g/mol. The summed E-state index contributed by atoms with van der Waals surface area (Å²) in [6, 6.07) is 55.8. The maximum atomic E-state index is 6.30. The number of hydrogen-bond acceptors (Lipinski definition) is 3. The van der Waals surface area contributed by atoms with Gasteiger partial charge in [-0.2, -0.15) is 36.4 Å². The van der Waals surface area contributed by atoms with Gasteiger partial charge in [0.2, 0.25) is 5.88 Å². The molecule has 0 radical (unpaired) electrons. The maximum Gasteiger partial charge on any atom is 2.00 e. The van der Waals surface area contributed by atoms with Crippen LogP contribution in [-0.4, -0.2) is 14.5 Å². The Morgan fingerprint density at radius 2 is 1.40 bits per heavy atom. The molecule has 244 valence electrons. The van der Waals surface area contributed by atoms with Crippen molar-refractivity contribution in [2.24, 2.45) is 0 Å². The van der Waals surface area contributed by atoms with E-state index in [0.717, 1.165) is 33.5 Å². The maximum absolute atomic E-state index is 6.30. The fraction of sp³-hybridized carbons (Fsp3) is 0.111. The predicted molar refractivity (Wildman–Crippen MR) is 197 cm³/mol. The average Bonchev–Trinajstić information content (AvgIpc) is 3.63. The first-order valence-electron chi connectivity index (χ1n) is 16.7. The number of aromatic nitrogens is 3. The summed E-state index contributed by atoms with van der Waals surface area (Å²) < 4.78 is 8.57. The first kappa shape index (κ1) is 31.9. The van der Waals surface area contributed by atoms with Gasteiger partial charge < -0.3 is 9.30 Å². The molecule has 3 aromatic heterocycles. The molecule has 4 nitrogen and oxygen atoms in total. The number of hydrogen-bond donors (Lipinski definition) is 0. The van der Waals surface area contributed by atoms with Crippen LogP contribution in [0.5, 0.6) is 11.6 Å². The van der Waals surface area contributed by atoms with Gasteiger partial charge >= 0.3 is 21.1 Å². The Labute approximate surface area is 306 Å². The molecule has 0 saturated carbocycles. The van der Waals surface area contributed by atoms with Crippen molar-refractivity contribution < 1.29 is 25.8 Å². The zero-order valence-electron chi connectivity index (χ0n) is 27.9. The molecule has 9 rings (SSSR count). The normalized spacial score (nSPS) is 13.1. The minimum atomic E-state index is -0.783.